The fourth-order valence-electron chi connectivity index (χ4n) is 3.22. The summed E-state index contributed by atoms with van der Waals surface area (Å²) >= 11 is 0. The van der Waals surface area contributed by atoms with Crippen molar-refractivity contribution in [2.24, 2.45) is 16.1 Å². The van der Waals surface area contributed by atoms with Gasteiger partial charge in [0.1, 0.15) is 0 Å². The summed E-state index contributed by atoms with van der Waals surface area (Å²) in [5, 5.41) is 0. The molecule has 0 bridgehead atoms. The van der Waals surface area contributed by atoms with E-state index in [2.05, 4.69) is 11.8 Å². The van der Waals surface area contributed by atoms with E-state index in [4.69, 9.17) is 10.7 Å². The lowest BCUT2D eigenvalue weighted by Gasteiger charge is -2.29. The van der Waals surface area contributed by atoms with Gasteiger partial charge >= 0.3 is 0 Å². The van der Waals surface area contributed by atoms with Crippen molar-refractivity contribution in [3.63, 3.8) is 0 Å². The Morgan fingerprint density at radius 3 is 2.35 bits per heavy atom. The van der Waals surface area contributed by atoms with Gasteiger partial charge in [0, 0.05) is 19.6 Å². The smallest absolute Gasteiger partial charge is 0.191 e. The predicted molar refractivity (Wildman–Crippen MR) is 73.1 cm³/mol. The maximum Gasteiger partial charge on any atom is 0.191 e. The molecule has 1 saturated carbocycles. The number of hydrogen-bond acceptors (Lipinski definition) is 1. The SMILES string of the molecule is CCC1(CN=C(N)N2CCCCC2)CCCC1. The number of guanidine groups is 1. The Kier molecular flexibility index (Phi) is 4.30. The first-order valence-corrected chi connectivity index (χ1v) is 7.31. The fraction of sp³-hybridized carbons (Fsp3) is 0.929. The average molecular weight is 237 g/mol. The zero-order valence-electron chi connectivity index (χ0n) is 11.2. The van der Waals surface area contributed by atoms with Crippen LogP contribution in [0.25, 0.3) is 0 Å². The van der Waals surface area contributed by atoms with Gasteiger partial charge in [-0.2, -0.15) is 0 Å². The van der Waals surface area contributed by atoms with E-state index in [1.165, 1.54) is 51.4 Å². The molecule has 0 aromatic heterocycles. The van der Waals surface area contributed by atoms with Gasteiger partial charge in [0.25, 0.3) is 0 Å². The van der Waals surface area contributed by atoms with Gasteiger partial charge in [-0.25, -0.2) is 0 Å². The largest absolute Gasteiger partial charge is 0.370 e. The van der Waals surface area contributed by atoms with Crippen molar-refractivity contribution < 1.29 is 0 Å². The van der Waals surface area contributed by atoms with Crippen molar-refractivity contribution >= 4 is 5.96 Å². The third-order valence-corrected chi connectivity index (χ3v) is 4.67. The van der Waals surface area contributed by atoms with E-state index in [-0.39, 0.29) is 0 Å². The molecule has 0 radical (unpaired) electrons. The van der Waals surface area contributed by atoms with Crippen LogP contribution in [0.15, 0.2) is 4.99 Å². The zero-order valence-corrected chi connectivity index (χ0v) is 11.2. The highest BCUT2D eigenvalue weighted by Crippen LogP contribution is 2.41. The van der Waals surface area contributed by atoms with Crippen molar-refractivity contribution in [3.05, 3.63) is 0 Å². The number of hydrogen-bond donors (Lipinski definition) is 1. The molecule has 0 amide bonds. The molecule has 0 spiro atoms. The standard InChI is InChI=1S/C14H27N3/c1-2-14(8-4-5-9-14)12-16-13(15)17-10-6-3-7-11-17/h2-12H2,1H3,(H2,15,16). The second-order valence-corrected chi connectivity index (χ2v) is 5.78. The highest BCUT2D eigenvalue weighted by molar-refractivity contribution is 5.78. The molecule has 2 rings (SSSR count). The molecule has 98 valence electrons. The molecule has 3 nitrogen and oxygen atoms in total. The molecular weight excluding hydrogens is 210 g/mol. The number of aliphatic imine (C=N–C) groups is 1. The van der Waals surface area contributed by atoms with Crippen LogP contribution in [0.4, 0.5) is 0 Å². The van der Waals surface area contributed by atoms with Crippen molar-refractivity contribution in [2.45, 2.75) is 58.3 Å². The van der Waals surface area contributed by atoms with Gasteiger partial charge in [-0.15, -0.1) is 0 Å². The number of nitrogens with zero attached hydrogens (tertiary/aromatic N) is 2. The van der Waals surface area contributed by atoms with Gasteiger partial charge in [-0.3, -0.25) is 4.99 Å². The summed E-state index contributed by atoms with van der Waals surface area (Å²) in [6, 6.07) is 0. The lowest BCUT2D eigenvalue weighted by atomic mass is 9.84. The molecule has 2 fully saturated rings. The highest BCUT2D eigenvalue weighted by Gasteiger charge is 2.31. The maximum atomic E-state index is 6.12. The third-order valence-electron chi connectivity index (χ3n) is 4.67. The second-order valence-electron chi connectivity index (χ2n) is 5.78. The van der Waals surface area contributed by atoms with Gasteiger partial charge < -0.3 is 10.6 Å². The van der Waals surface area contributed by atoms with Crippen LogP contribution >= 0.6 is 0 Å². The molecule has 2 aliphatic rings. The van der Waals surface area contributed by atoms with E-state index >= 15 is 0 Å². The molecule has 0 aromatic carbocycles. The quantitative estimate of drug-likeness (QED) is 0.606. The van der Waals surface area contributed by atoms with Crippen LogP contribution in [0, 0.1) is 5.41 Å². The minimum Gasteiger partial charge on any atom is -0.370 e. The van der Waals surface area contributed by atoms with Crippen LogP contribution in [0.1, 0.15) is 58.3 Å². The minimum absolute atomic E-state index is 0.473. The van der Waals surface area contributed by atoms with Crippen molar-refractivity contribution in [1.29, 1.82) is 0 Å². The van der Waals surface area contributed by atoms with Crippen LogP contribution in [0.5, 0.6) is 0 Å². The van der Waals surface area contributed by atoms with Crippen molar-refractivity contribution in [1.82, 2.24) is 4.90 Å². The molecule has 0 aromatic rings. The Hall–Kier alpha value is -0.730. The van der Waals surface area contributed by atoms with E-state index < -0.39 is 0 Å². The van der Waals surface area contributed by atoms with Crippen molar-refractivity contribution in [2.75, 3.05) is 19.6 Å². The zero-order chi connectivity index (χ0) is 12.1. The number of nitrogens with two attached hydrogens (primary N) is 1. The molecule has 1 aliphatic heterocycles. The lowest BCUT2D eigenvalue weighted by molar-refractivity contribution is 0.291. The molecule has 1 saturated heterocycles. The Morgan fingerprint density at radius 2 is 1.76 bits per heavy atom. The van der Waals surface area contributed by atoms with Gasteiger partial charge in [0.05, 0.1) is 0 Å². The Bertz CT molecular complexity index is 261. The third kappa shape index (κ3) is 3.14. The van der Waals surface area contributed by atoms with Crippen LogP contribution in [-0.2, 0) is 0 Å². The number of likely N-dealkylation sites (tertiary alicyclic amines) is 1. The van der Waals surface area contributed by atoms with E-state index in [0.717, 1.165) is 25.6 Å². The van der Waals surface area contributed by atoms with Gasteiger partial charge in [-0.05, 0) is 43.9 Å². The Morgan fingerprint density at radius 1 is 1.12 bits per heavy atom. The van der Waals surface area contributed by atoms with Crippen LogP contribution in [0.3, 0.4) is 0 Å². The Labute approximate surface area is 105 Å². The van der Waals surface area contributed by atoms with Crippen molar-refractivity contribution in [3.8, 4) is 0 Å². The summed E-state index contributed by atoms with van der Waals surface area (Å²) in [6.45, 7) is 5.46. The average Bonchev–Trinajstić information content (AvgIpc) is 2.86. The first-order valence-electron chi connectivity index (χ1n) is 7.31. The molecule has 1 heterocycles. The molecule has 2 N–H and O–H groups in total. The van der Waals surface area contributed by atoms with Crippen LogP contribution in [0.2, 0.25) is 0 Å². The van der Waals surface area contributed by atoms with Gasteiger partial charge in [-0.1, -0.05) is 19.8 Å². The first-order chi connectivity index (χ1) is 8.26. The Balaban J connectivity index is 1.89. The molecule has 1 aliphatic carbocycles. The predicted octanol–water partition coefficient (Wildman–Crippen LogP) is 2.76. The molecular formula is C14H27N3. The summed E-state index contributed by atoms with van der Waals surface area (Å²) < 4.78 is 0. The number of rotatable bonds is 3. The summed E-state index contributed by atoms with van der Waals surface area (Å²) in [6.07, 6.45) is 10.6. The molecule has 0 unspecified atom stereocenters. The molecule has 0 atom stereocenters. The monoisotopic (exact) mass is 237 g/mol. The van der Waals surface area contributed by atoms with Crippen LogP contribution < -0.4 is 5.73 Å². The summed E-state index contributed by atoms with van der Waals surface area (Å²) in [7, 11) is 0. The molecule has 3 heteroatoms. The topological polar surface area (TPSA) is 41.6 Å². The van der Waals surface area contributed by atoms with Crippen LogP contribution in [-0.4, -0.2) is 30.5 Å². The second kappa shape index (κ2) is 5.74. The highest BCUT2D eigenvalue weighted by atomic mass is 15.3. The number of piperidine rings is 1. The normalized spacial score (nSPS) is 25.2. The molecule has 17 heavy (non-hydrogen) atoms. The van der Waals surface area contributed by atoms with Gasteiger partial charge in [0.15, 0.2) is 5.96 Å². The fourth-order valence-corrected chi connectivity index (χ4v) is 3.22. The van der Waals surface area contributed by atoms with E-state index in [0.29, 0.717) is 5.41 Å². The lowest BCUT2D eigenvalue weighted by Crippen LogP contribution is -2.41. The summed E-state index contributed by atoms with van der Waals surface area (Å²) in [5.41, 5.74) is 6.59. The van der Waals surface area contributed by atoms with E-state index in [1.54, 1.807) is 0 Å². The van der Waals surface area contributed by atoms with Gasteiger partial charge in [0.2, 0.25) is 0 Å². The summed E-state index contributed by atoms with van der Waals surface area (Å²) in [5.74, 6) is 0.796. The van der Waals surface area contributed by atoms with E-state index in [1.807, 2.05) is 0 Å². The minimum atomic E-state index is 0.473. The van der Waals surface area contributed by atoms with E-state index in [9.17, 15) is 0 Å². The summed E-state index contributed by atoms with van der Waals surface area (Å²) in [4.78, 5) is 6.96. The first kappa shape index (κ1) is 12.7. The maximum absolute atomic E-state index is 6.12.